The van der Waals surface area contributed by atoms with Gasteiger partial charge in [0.1, 0.15) is 5.75 Å². The van der Waals surface area contributed by atoms with E-state index >= 15 is 0 Å². The number of thioether (sulfide) groups is 1. The van der Waals surface area contributed by atoms with Crippen LogP contribution in [-0.4, -0.2) is 17.7 Å². The molecule has 0 heterocycles. The van der Waals surface area contributed by atoms with Gasteiger partial charge in [-0.25, -0.2) is 0 Å². The molecule has 0 radical (unpaired) electrons. The standard InChI is InChI=1S/C25H26F3NOS/c1-17(21-10-6-8-18-7-4-5-9-22(18)21)29-24(3)15-23(24,2)16-31-20-13-11-19(12-14-20)30-25(26,27)28/h4-14,17,29H,15-16H2,1-3H3/t17-,23?,24?/m1/s1. The molecular weight excluding hydrogens is 419 g/mol. The van der Waals surface area contributed by atoms with Gasteiger partial charge in [0.05, 0.1) is 0 Å². The smallest absolute Gasteiger partial charge is 0.406 e. The van der Waals surface area contributed by atoms with Crippen molar-refractivity contribution in [2.24, 2.45) is 5.41 Å². The molecule has 1 aliphatic carbocycles. The summed E-state index contributed by atoms with van der Waals surface area (Å²) >= 11 is 1.67. The molecule has 0 aromatic heterocycles. The van der Waals surface area contributed by atoms with E-state index in [1.807, 2.05) is 0 Å². The maximum absolute atomic E-state index is 12.3. The molecule has 2 unspecified atom stereocenters. The molecular formula is C25H26F3NOS. The second kappa shape index (κ2) is 8.06. The third-order valence-corrected chi connectivity index (χ3v) is 7.78. The fraction of sp³-hybridized carbons (Fsp3) is 0.360. The second-order valence-electron chi connectivity index (χ2n) is 8.81. The van der Waals surface area contributed by atoms with E-state index < -0.39 is 6.36 Å². The van der Waals surface area contributed by atoms with E-state index in [-0.39, 0.29) is 22.7 Å². The molecule has 0 saturated heterocycles. The number of hydrogen-bond donors (Lipinski definition) is 1. The van der Waals surface area contributed by atoms with Gasteiger partial charge in [0, 0.05) is 22.2 Å². The molecule has 3 aromatic carbocycles. The minimum atomic E-state index is -4.66. The highest BCUT2D eigenvalue weighted by atomic mass is 32.2. The fourth-order valence-corrected chi connectivity index (χ4v) is 5.57. The van der Waals surface area contributed by atoms with E-state index in [2.05, 4.69) is 73.3 Å². The molecule has 0 bridgehead atoms. The van der Waals surface area contributed by atoms with E-state index in [1.54, 1.807) is 23.9 Å². The summed E-state index contributed by atoms with van der Waals surface area (Å²) in [6.07, 6.45) is -3.61. The molecule has 3 atom stereocenters. The molecule has 3 aromatic rings. The molecule has 0 amide bonds. The summed E-state index contributed by atoms with van der Waals surface area (Å²) in [6, 6.07) is 21.2. The lowest BCUT2D eigenvalue weighted by atomic mass is 9.97. The quantitative estimate of drug-likeness (QED) is 0.384. The van der Waals surface area contributed by atoms with Gasteiger partial charge in [-0.05, 0) is 66.3 Å². The van der Waals surface area contributed by atoms with Crippen LogP contribution in [0.4, 0.5) is 13.2 Å². The minimum absolute atomic E-state index is 0.00962. The lowest BCUT2D eigenvalue weighted by Crippen LogP contribution is -2.36. The van der Waals surface area contributed by atoms with Crippen LogP contribution < -0.4 is 10.1 Å². The molecule has 164 valence electrons. The van der Waals surface area contributed by atoms with Crippen molar-refractivity contribution >= 4 is 22.5 Å². The molecule has 2 nitrogen and oxygen atoms in total. The van der Waals surface area contributed by atoms with E-state index in [9.17, 15) is 13.2 Å². The molecule has 0 aliphatic heterocycles. The zero-order chi connectivity index (χ0) is 22.3. The van der Waals surface area contributed by atoms with Crippen molar-refractivity contribution in [1.82, 2.24) is 5.32 Å². The lowest BCUT2D eigenvalue weighted by molar-refractivity contribution is -0.274. The number of nitrogens with one attached hydrogen (secondary N) is 1. The Labute approximate surface area is 185 Å². The first-order chi connectivity index (χ1) is 14.6. The number of alkyl halides is 3. The fourth-order valence-electron chi connectivity index (χ4n) is 4.34. The average molecular weight is 446 g/mol. The molecule has 1 N–H and O–H groups in total. The van der Waals surface area contributed by atoms with Crippen LogP contribution in [0.15, 0.2) is 71.6 Å². The normalized spacial score (nSPS) is 24.2. The first kappa shape index (κ1) is 22.0. The molecule has 1 fully saturated rings. The van der Waals surface area contributed by atoms with Crippen LogP contribution in [0.2, 0.25) is 0 Å². The third kappa shape index (κ3) is 4.85. The first-order valence-electron chi connectivity index (χ1n) is 10.3. The van der Waals surface area contributed by atoms with Gasteiger partial charge in [-0.1, -0.05) is 49.4 Å². The van der Waals surface area contributed by atoms with Gasteiger partial charge in [0.25, 0.3) is 0 Å². The van der Waals surface area contributed by atoms with Crippen molar-refractivity contribution in [3.05, 3.63) is 72.3 Å². The van der Waals surface area contributed by atoms with Crippen LogP contribution in [0, 0.1) is 5.41 Å². The largest absolute Gasteiger partial charge is 0.573 e. The Bertz CT molecular complexity index is 1060. The molecule has 0 spiro atoms. The average Bonchev–Trinajstić information content (AvgIpc) is 3.25. The molecule has 31 heavy (non-hydrogen) atoms. The Hall–Kier alpha value is -2.18. The van der Waals surface area contributed by atoms with Crippen LogP contribution >= 0.6 is 11.8 Å². The van der Waals surface area contributed by atoms with Crippen molar-refractivity contribution < 1.29 is 17.9 Å². The molecule has 1 saturated carbocycles. The van der Waals surface area contributed by atoms with E-state index in [4.69, 9.17) is 0 Å². The number of hydrogen-bond acceptors (Lipinski definition) is 3. The van der Waals surface area contributed by atoms with E-state index in [1.165, 1.54) is 28.5 Å². The number of ether oxygens (including phenoxy) is 1. The van der Waals surface area contributed by atoms with Crippen LogP contribution in [0.25, 0.3) is 10.8 Å². The summed E-state index contributed by atoms with van der Waals surface area (Å²) in [5, 5.41) is 6.35. The topological polar surface area (TPSA) is 21.3 Å². The SMILES string of the molecule is C[C@@H](NC1(C)CC1(C)CSc1ccc(OC(F)(F)F)cc1)c1cccc2ccccc12. The van der Waals surface area contributed by atoms with Gasteiger partial charge in [-0.15, -0.1) is 24.9 Å². The zero-order valence-corrected chi connectivity index (χ0v) is 18.6. The predicted molar refractivity (Wildman–Crippen MR) is 120 cm³/mol. The van der Waals surface area contributed by atoms with Crippen molar-refractivity contribution in [3.8, 4) is 5.75 Å². The number of benzene rings is 3. The third-order valence-electron chi connectivity index (χ3n) is 6.39. The summed E-state index contributed by atoms with van der Waals surface area (Å²) in [5.74, 6) is 0.697. The van der Waals surface area contributed by atoms with Crippen LogP contribution in [-0.2, 0) is 0 Å². The van der Waals surface area contributed by atoms with Gasteiger partial charge < -0.3 is 10.1 Å². The summed E-state index contributed by atoms with van der Waals surface area (Å²) in [5.41, 5.74) is 1.41. The minimum Gasteiger partial charge on any atom is -0.406 e. The van der Waals surface area contributed by atoms with Gasteiger partial charge in [-0.3, -0.25) is 0 Å². The second-order valence-corrected chi connectivity index (χ2v) is 9.86. The highest BCUT2D eigenvalue weighted by Gasteiger charge is 2.60. The van der Waals surface area contributed by atoms with Crippen molar-refractivity contribution in [3.63, 3.8) is 0 Å². The van der Waals surface area contributed by atoms with E-state index in [0.29, 0.717) is 0 Å². The zero-order valence-electron chi connectivity index (χ0n) is 17.8. The van der Waals surface area contributed by atoms with Crippen molar-refractivity contribution in [2.75, 3.05) is 5.75 Å². The maximum atomic E-state index is 12.3. The Kier molecular flexibility index (Phi) is 5.73. The predicted octanol–water partition coefficient (Wildman–Crippen LogP) is 7.35. The van der Waals surface area contributed by atoms with Crippen LogP contribution in [0.3, 0.4) is 0 Å². The monoisotopic (exact) mass is 445 g/mol. The van der Waals surface area contributed by atoms with Crippen LogP contribution in [0.1, 0.15) is 38.8 Å². The van der Waals surface area contributed by atoms with Gasteiger partial charge in [-0.2, -0.15) is 0 Å². The summed E-state index contributed by atoms with van der Waals surface area (Å²) in [6.45, 7) is 6.73. The van der Waals surface area contributed by atoms with Gasteiger partial charge >= 0.3 is 6.36 Å². The number of halogens is 3. The summed E-state index contributed by atoms with van der Waals surface area (Å²) in [7, 11) is 0. The van der Waals surface area contributed by atoms with Gasteiger partial charge in [0.2, 0.25) is 0 Å². The van der Waals surface area contributed by atoms with E-state index in [0.717, 1.165) is 17.1 Å². The van der Waals surface area contributed by atoms with Crippen molar-refractivity contribution in [2.45, 2.75) is 50.0 Å². The molecule has 1 aliphatic rings. The Morgan fingerprint density at radius 3 is 2.39 bits per heavy atom. The summed E-state index contributed by atoms with van der Waals surface area (Å²) in [4.78, 5) is 0.937. The molecule has 6 heteroatoms. The van der Waals surface area contributed by atoms with Gasteiger partial charge in [0.15, 0.2) is 0 Å². The maximum Gasteiger partial charge on any atom is 0.573 e. The lowest BCUT2D eigenvalue weighted by Gasteiger charge is -2.26. The summed E-state index contributed by atoms with van der Waals surface area (Å²) < 4.78 is 40.9. The Morgan fingerprint density at radius 1 is 1.00 bits per heavy atom. The number of fused-ring (bicyclic) bond motifs is 1. The number of rotatable bonds is 7. The Balaban J connectivity index is 1.38. The highest BCUT2D eigenvalue weighted by Crippen LogP contribution is 2.58. The van der Waals surface area contributed by atoms with Crippen molar-refractivity contribution in [1.29, 1.82) is 0 Å². The first-order valence-corrected chi connectivity index (χ1v) is 11.3. The Morgan fingerprint density at radius 2 is 1.68 bits per heavy atom. The van der Waals surface area contributed by atoms with Crippen LogP contribution in [0.5, 0.6) is 5.75 Å². The highest BCUT2D eigenvalue weighted by molar-refractivity contribution is 7.99. The molecule has 4 rings (SSSR count).